The van der Waals surface area contributed by atoms with E-state index < -0.39 is 11.9 Å². The van der Waals surface area contributed by atoms with Crippen LogP contribution in [0.15, 0.2) is 52.9 Å². The molecule has 0 spiro atoms. The molecule has 0 radical (unpaired) electrons. The molecule has 0 aliphatic heterocycles. The number of ether oxygens (including phenoxy) is 1. The largest absolute Gasteiger partial charge is 0.462 e. The molecule has 3 N–H and O–H groups in total. The van der Waals surface area contributed by atoms with Crippen molar-refractivity contribution in [1.29, 1.82) is 0 Å². The van der Waals surface area contributed by atoms with Crippen LogP contribution in [0.2, 0.25) is 5.02 Å². The molecule has 1 unspecified atom stereocenters. The van der Waals surface area contributed by atoms with Crippen molar-refractivity contribution in [3.8, 4) is 0 Å². The molecule has 1 amide bonds. The van der Waals surface area contributed by atoms with E-state index in [0.717, 1.165) is 12.0 Å². The van der Waals surface area contributed by atoms with Gasteiger partial charge in [0.05, 0.1) is 17.9 Å². The highest BCUT2D eigenvalue weighted by molar-refractivity contribution is 6.30. The first-order chi connectivity index (χ1) is 18.7. The van der Waals surface area contributed by atoms with Gasteiger partial charge in [0, 0.05) is 10.7 Å². The van der Waals surface area contributed by atoms with Gasteiger partial charge in [-0.15, -0.1) is 0 Å². The quantitative estimate of drug-likeness (QED) is 0.150. The Bertz CT molecular complexity index is 1470. The molecule has 2 heterocycles. The number of hydrogen-bond acceptors (Lipinski definition) is 8. The van der Waals surface area contributed by atoms with Crippen LogP contribution in [-0.2, 0) is 16.0 Å². The summed E-state index contributed by atoms with van der Waals surface area (Å²) in [5.41, 5.74) is 8.76. The molecule has 2 aromatic heterocycles. The first kappa shape index (κ1) is 27.9. The number of nitrogens with zero attached hydrogens (tertiary/aromatic N) is 2. The van der Waals surface area contributed by atoms with Gasteiger partial charge >= 0.3 is 5.97 Å². The highest BCUT2D eigenvalue weighted by Gasteiger charge is 2.26. The lowest BCUT2D eigenvalue weighted by Crippen LogP contribution is -2.33. The molecule has 39 heavy (non-hydrogen) atoms. The number of anilines is 3. The topological polar surface area (TPSA) is 118 Å². The maximum absolute atomic E-state index is 13.1. The first-order valence-electron chi connectivity index (χ1n) is 12.8. The smallest absolute Gasteiger partial charge is 0.342 e. The molecule has 0 fully saturated rings. The number of hydrogen-bond donors (Lipinski definition) is 3. The van der Waals surface area contributed by atoms with Gasteiger partial charge in [-0.25, -0.2) is 4.79 Å². The minimum absolute atomic E-state index is 0.160. The first-order valence-corrected chi connectivity index (χ1v) is 13.2. The van der Waals surface area contributed by atoms with E-state index in [1.165, 1.54) is 5.56 Å². The van der Waals surface area contributed by atoms with Gasteiger partial charge in [0.25, 0.3) is 0 Å². The van der Waals surface area contributed by atoms with Gasteiger partial charge in [-0.2, -0.15) is 9.97 Å². The molecule has 2 aromatic carbocycles. The normalized spacial score (nSPS) is 11.9. The summed E-state index contributed by atoms with van der Waals surface area (Å²) in [5, 5.41) is 3.99. The predicted octanol–water partition coefficient (Wildman–Crippen LogP) is 6.55. The molecule has 0 bridgehead atoms. The van der Waals surface area contributed by atoms with Crippen molar-refractivity contribution in [2.45, 2.75) is 47.0 Å². The molecule has 10 heteroatoms. The summed E-state index contributed by atoms with van der Waals surface area (Å²) in [4.78, 5) is 34.8. The van der Waals surface area contributed by atoms with Gasteiger partial charge in [-0.05, 0) is 68.5 Å². The number of hydrazine groups is 1. The number of benzene rings is 2. The summed E-state index contributed by atoms with van der Waals surface area (Å²) in [6.07, 6.45) is 0.978. The van der Waals surface area contributed by atoms with E-state index in [1.807, 2.05) is 19.1 Å². The maximum atomic E-state index is 13.1. The molecule has 1 atom stereocenters. The Kier molecular flexibility index (Phi) is 8.71. The Balaban J connectivity index is 1.62. The number of furan rings is 1. The summed E-state index contributed by atoms with van der Waals surface area (Å²) in [5.74, 6) is -0.0291. The van der Waals surface area contributed by atoms with Crippen LogP contribution in [0.3, 0.4) is 0 Å². The SMILES string of the molecule is CCOC(=O)c1c(C)oc2nc(Nc3ccc(Cl)cc3)nc(NNC(=O)C(C)c3ccc(CC(C)C)cc3)c12. The number of nitrogens with one attached hydrogen (secondary N) is 3. The van der Waals surface area contributed by atoms with E-state index in [9.17, 15) is 9.59 Å². The van der Waals surface area contributed by atoms with Crippen molar-refractivity contribution >= 4 is 52.0 Å². The zero-order chi connectivity index (χ0) is 28.1. The molecule has 4 rings (SSSR count). The summed E-state index contributed by atoms with van der Waals surface area (Å²) < 4.78 is 11.0. The Morgan fingerprint density at radius 1 is 1.03 bits per heavy atom. The van der Waals surface area contributed by atoms with E-state index in [-0.39, 0.29) is 35.6 Å². The van der Waals surface area contributed by atoms with Crippen LogP contribution in [0.5, 0.6) is 0 Å². The lowest BCUT2D eigenvalue weighted by Gasteiger charge is -2.15. The average molecular weight is 550 g/mol. The van der Waals surface area contributed by atoms with Crippen molar-refractivity contribution in [1.82, 2.24) is 15.4 Å². The van der Waals surface area contributed by atoms with Crippen molar-refractivity contribution in [2.24, 2.45) is 5.92 Å². The van der Waals surface area contributed by atoms with Crippen molar-refractivity contribution in [2.75, 3.05) is 17.3 Å². The minimum Gasteiger partial charge on any atom is -0.462 e. The molecular formula is C29H32ClN5O4. The second-order valence-corrected chi connectivity index (χ2v) is 10.1. The maximum Gasteiger partial charge on any atom is 0.342 e. The van der Waals surface area contributed by atoms with Gasteiger partial charge in [0.15, 0.2) is 5.82 Å². The predicted molar refractivity (Wildman–Crippen MR) is 152 cm³/mol. The Hall–Kier alpha value is -4.11. The highest BCUT2D eigenvalue weighted by Crippen LogP contribution is 2.32. The van der Waals surface area contributed by atoms with Crippen LogP contribution < -0.4 is 16.2 Å². The number of esters is 1. The molecule has 0 aliphatic rings. The number of aryl methyl sites for hydroxylation is 1. The van der Waals surface area contributed by atoms with Crippen LogP contribution in [0, 0.1) is 12.8 Å². The fraction of sp³-hybridized carbons (Fsp3) is 0.310. The Morgan fingerprint density at radius 2 is 1.72 bits per heavy atom. The number of carbonyl (C=O) groups is 2. The fourth-order valence-electron chi connectivity index (χ4n) is 4.16. The third-order valence-electron chi connectivity index (χ3n) is 6.13. The molecule has 0 aliphatic carbocycles. The molecular weight excluding hydrogens is 518 g/mol. The van der Waals surface area contributed by atoms with Gasteiger partial charge in [-0.1, -0.05) is 49.7 Å². The lowest BCUT2D eigenvalue weighted by atomic mass is 9.96. The van der Waals surface area contributed by atoms with Crippen LogP contribution in [-0.4, -0.2) is 28.5 Å². The zero-order valence-electron chi connectivity index (χ0n) is 22.6. The molecule has 0 saturated heterocycles. The van der Waals surface area contributed by atoms with Gasteiger partial charge in [0.2, 0.25) is 17.6 Å². The van der Waals surface area contributed by atoms with Crippen LogP contribution in [0.4, 0.5) is 17.5 Å². The second kappa shape index (κ2) is 12.2. The molecule has 204 valence electrons. The fourth-order valence-corrected chi connectivity index (χ4v) is 4.29. The third kappa shape index (κ3) is 6.67. The van der Waals surface area contributed by atoms with Crippen molar-refractivity contribution in [3.05, 3.63) is 76.0 Å². The summed E-state index contributed by atoms with van der Waals surface area (Å²) in [6.45, 7) is 9.72. The van der Waals surface area contributed by atoms with E-state index in [4.69, 9.17) is 20.8 Å². The molecule has 4 aromatic rings. The zero-order valence-corrected chi connectivity index (χ0v) is 23.3. The number of fused-ring (bicyclic) bond motifs is 1. The Labute approximate surface area is 232 Å². The number of aromatic nitrogens is 2. The van der Waals surface area contributed by atoms with E-state index in [1.54, 1.807) is 38.1 Å². The Morgan fingerprint density at radius 3 is 2.36 bits per heavy atom. The average Bonchev–Trinajstić information content (AvgIpc) is 3.24. The second-order valence-electron chi connectivity index (χ2n) is 9.64. The van der Waals surface area contributed by atoms with Gasteiger partial charge in [0.1, 0.15) is 11.3 Å². The summed E-state index contributed by atoms with van der Waals surface area (Å²) >= 11 is 5.99. The van der Waals surface area contributed by atoms with Gasteiger partial charge in [-0.3, -0.25) is 15.6 Å². The summed E-state index contributed by atoms with van der Waals surface area (Å²) in [7, 11) is 0. The minimum atomic E-state index is -0.569. The standard InChI is InChI=1S/C29H32ClN5O4/c1-6-38-28(37)23-18(5)39-27-24(23)25(32-29(33-27)31-22-13-11-21(30)12-14-22)34-35-26(36)17(4)20-9-7-19(8-10-20)15-16(2)3/h7-14,16-17H,6,15H2,1-5H3,(H,35,36)(H2,31,32,33,34). The highest BCUT2D eigenvalue weighted by atomic mass is 35.5. The lowest BCUT2D eigenvalue weighted by molar-refractivity contribution is -0.121. The number of carbonyl (C=O) groups excluding carboxylic acids is 2. The van der Waals surface area contributed by atoms with Gasteiger partial charge < -0.3 is 14.5 Å². The van der Waals surface area contributed by atoms with Crippen molar-refractivity contribution < 1.29 is 18.7 Å². The van der Waals surface area contributed by atoms with E-state index in [2.05, 4.69) is 52.1 Å². The van der Waals surface area contributed by atoms with E-state index >= 15 is 0 Å². The molecule has 9 nitrogen and oxygen atoms in total. The van der Waals surface area contributed by atoms with Crippen LogP contribution >= 0.6 is 11.6 Å². The van der Waals surface area contributed by atoms with Crippen LogP contribution in [0.1, 0.15) is 60.9 Å². The molecule has 0 saturated carbocycles. The number of rotatable bonds is 10. The van der Waals surface area contributed by atoms with Crippen LogP contribution in [0.25, 0.3) is 11.1 Å². The number of amides is 1. The third-order valence-corrected chi connectivity index (χ3v) is 6.38. The monoisotopic (exact) mass is 549 g/mol. The summed E-state index contributed by atoms with van der Waals surface area (Å²) in [6, 6.07) is 15.0. The van der Waals surface area contributed by atoms with E-state index in [0.29, 0.717) is 27.8 Å². The van der Waals surface area contributed by atoms with Crippen molar-refractivity contribution in [3.63, 3.8) is 0 Å². The number of halogens is 1.